The van der Waals surface area contributed by atoms with Crippen LogP contribution in [0.3, 0.4) is 0 Å². The maximum absolute atomic E-state index is 13.5. The lowest BCUT2D eigenvalue weighted by Crippen LogP contribution is -2.52. The quantitative estimate of drug-likeness (QED) is 0.703. The molecule has 7 nitrogen and oxygen atoms in total. The van der Waals surface area contributed by atoms with Crippen molar-refractivity contribution in [2.75, 3.05) is 58.2 Å². The molecule has 2 aromatic rings. The maximum Gasteiger partial charge on any atom is 0.246 e. The highest BCUT2D eigenvalue weighted by Crippen LogP contribution is 2.29. The zero-order valence-corrected chi connectivity index (χ0v) is 19.6. The number of carbonyl (C=O) groups excluding carboxylic acids is 2. The topological polar surface area (TPSA) is 65.1 Å². The Kier molecular flexibility index (Phi) is 7.62. The molecule has 2 fully saturated rings. The Bertz CT molecular complexity index is 951. The van der Waals surface area contributed by atoms with E-state index in [-0.39, 0.29) is 11.8 Å². The zero-order valence-electron chi connectivity index (χ0n) is 19.6. The molecule has 4 rings (SSSR count). The van der Waals surface area contributed by atoms with Crippen molar-refractivity contribution in [2.24, 2.45) is 0 Å². The highest BCUT2D eigenvalue weighted by Gasteiger charge is 2.32. The van der Waals surface area contributed by atoms with Gasteiger partial charge in [-0.15, -0.1) is 0 Å². The molecule has 2 saturated heterocycles. The minimum absolute atomic E-state index is 0.0771. The second kappa shape index (κ2) is 10.8. The number of carbonyl (C=O) groups is 2. The van der Waals surface area contributed by atoms with Crippen LogP contribution in [0.5, 0.6) is 5.75 Å². The van der Waals surface area contributed by atoms with E-state index in [1.165, 1.54) is 0 Å². The van der Waals surface area contributed by atoms with Gasteiger partial charge in [-0.25, -0.2) is 0 Å². The molecular weight excluding hydrogens is 416 g/mol. The molecule has 0 aliphatic carbocycles. The lowest BCUT2D eigenvalue weighted by atomic mass is 10.0. The number of anilines is 1. The molecule has 2 amide bonds. The first kappa shape index (κ1) is 23.3. The van der Waals surface area contributed by atoms with Gasteiger partial charge in [-0.1, -0.05) is 36.4 Å². The van der Waals surface area contributed by atoms with Gasteiger partial charge in [0.2, 0.25) is 11.8 Å². The number of hydrogen-bond acceptors (Lipinski definition) is 5. The van der Waals surface area contributed by atoms with Gasteiger partial charge in [0.25, 0.3) is 0 Å². The summed E-state index contributed by atoms with van der Waals surface area (Å²) in [6, 6.07) is 15.3. The van der Waals surface area contributed by atoms with E-state index in [1.54, 1.807) is 7.11 Å². The molecule has 0 unspecified atom stereocenters. The molecule has 2 aliphatic heterocycles. The number of piperazine rings is 1. The average Bonchev–Trinajstić information content (AvgIpc) is 3.37. The first-order valence-electron chi connectivity index (χ1n) is 11.8. The zero-order chi connectivity index (χ0) is 23.2. The lowest BCUT2D eigenvalue weighted by Gasteiger charge is -2.39. The number of amides is 2. The van der Waals surface area contributed by atoms with Crippen molar-refractivity contribution in [3.63, 3.8) is 0 Å². The van der Waals surface area contributed by atoms with Crippen LogP contribution in [0.2, 0.25) is 0 Å². The Balaban J connectivity index is 1.45. The molecule has 2 aliphatic rings. The first-order chi connectivity index (χ1) is 16.0. The molecule has 0 bridgehead atoms. The number of methoxy groups -OCH3 is 1. The summed E-state index contributed by atoms with van der Waals surface area (Å²) < 4.78 is 5.45. The molecule has 0 saturated carbocycles. The second-order valence-electron chi connectivity index (χ2n) is 8.91. The van der Waals surface area contributed by atoms with E-state index in [2.05, 4.69) is 15.1 Å². The van der Waals surface area contributed by atoms with Crippen LogP contribution >= 0.6 is 0 Å². The van der Waals surface area contributed by atoms with Crippen molar-refractivity contribution in [3.8, 4) is 5.75 Å². The van der Waals surface area contributed by atoms with Crippen LogP contribution in [0.25, 0.3) is 0 Å². The number of ether oxygens (including phenoxy) is 1. The minimum atomic E-state index is -0.409. The predicted molar refractivity (Wildman–Crippen MR) is 129 cm³/mol. The number of benzene rings is 2. The summed E-state index contributed by atoms with van der Waals surface area (Å²) in [5, 5.41) is 3.10. The Hall–Kier alpha value is -2.90. The number of nitrogens with one attached hydrogen (secondary N) is 1. The fourth-order valence-electron chi connectivity index (χ4n) is 4.72. The van der Waals surface area contributed by atoms with E-state index in [4.69, 9.17) is 4.74 Å². The van der Waals surface area contributed by atoms with Crippen molar-refractivity contribution in [1.29, 1.82) is 0 Å². The van der Waals surface area contributed by atoms with E-state index < -0.39 is 6.04 Å². The number of hydrogen-bond donors (Lipinski definition) is 1. The van der Waals surface area contributed by atoms with Gasteiger partial charge in [0.1, 0.15) is 11.8 Å². The molecule has 1 N–H and O–H groups in total. The van der Waals surface area contributed by atoms with Gasteiger partial charge >= 0.3 is 0 Å². The Morgan fingerprint density at radius 2 is 1.67 bits per heavy atom. The van der Waals surface area contributed by atoms with Gasteiger partial charge in [0.05, 0.1) is 19.3 Å². The molecule has 7 heteroatoms. The molecule has 176 valence electrons. The lowest BCUT2D eigenvalue weighted by molar-refractivity contribution is -0.132. The van der Waals surface area contributed by atoms with E-state index in [0.29, 0.717) is 18.0 Å². The van der Waals surface area contributed by atoms with E-state index in [9.17, 15) is 9.59 Å². The monoisotopic (exact) mass is 450 g/mol. The van der Waals surface area contributed by atoms with Crippen LogP contribution in [0.15, 0.2) is 48.5 Å². The molecule has 1 atom stereocenters. The molecule has 0 radical (unpaired) electrons. The third-order valence-corrected chi connectivity index (χ3v) is 6.57. The van der Waals surface area contributed by atoms with Crippen LogP contribution in [0.1, 0.15) is 30.0 Å². The summed E-state index contributed by atoms with van der Waals surface area (Å²) in [4.78, 5) is 32.5. The highest BCUT2D eigenvalue weighted by molar-refractivity contribution is 5.97. The minimum Gasteiger partial charge on any atom is -0.495 e. The van der Waals surface area contributed by atoms with Crippen molar-refractivity contribution in [2.45, 2.75) is 25.8 Å². The SMILES string of the molecule is COc1ccc(C)cc1NC(=O)[C@@H](c1ccccc1)N1CCN(CC(=O)N2CCCC2)CC1. The van der Waals surface area contributed by atoms with Crippen LogP contribution in [-0.4, -0.2) is 79.4 Å². The fourth-order valence-corrected chi connectivity index (χ4v) is 4.72. The summed E-state index contributed by atoms with van der Waals surface area (Å²) >= 11 is 0. The Morgan fingerprint density at radius 3 is 2.33 bits per heavy atom. The summed E-state index contributed by atoms with van der Waals surface area (Å²) in [6.07, 6.45) is 2.22. The van der Waals surface area contributed by atoms with Gasteiger partial charge in [-0.2, -0.15) is 0 Å². The second-order valence-corrected chi connectivity index (χ2v) is 8.91. The summed E-state index contributed by atoms with van der Waals surface area (Å²) in [5.74, 6) is 0.794. The van der Waals surface area contributed by atoms with E-state index in [0.717, 1.165) is 63.2 Å². The van der Waals surface area contributed by atoms with E-state index in [1.807, 2.05) is 60.4 Å². The van der Waals surface area contributed by atoms with Gasteiger partial charge in [0.15, 0.2) is 0 Å². The molecular formula is C26H34N4O3. The summed E-state index contributed by atoms with van der Waals surface area (Å²) in [7, 11) is 1.61. The van der Waals surface area contributed by atoms with Gasteiger partial charge in [-0.05, 0) is 43.0 Å². The standard InChI is InChI=1S/C26H34N4O3/c1-20-10-11-23(33-2)22(18-20)27-26(32)25(21-8-4-3-5-9-21)30-16-14-28(15-17-30)19-24(31)29-12-6-7-13-29/h3-5,8-11,18,25H,6-7,12-17,19H2,1-2H3,(H,27,32)/t25-/m1/s1. The number of likely N-dealkylation sites (tertiary alicyclic amines) is 1. The number of aryl methyl sites for hydroxylation is 1. The maximum atomic E-state index is 13.5. The largest absolute Gasteiger partial charge is 0.495 e. The van der Waals surface area contributed by atoms with Crippen LogP contribution in [0.4, 0.5) is 5.69 Å². The van der Waals surface area contributed by atoms with Crippen LogP contribution in [0, 0.1) is 6.92 Å². The van der Waals surface area contributed by atoms with Crippen molar-refractivity contribution in [3.05, 3.63) is 59.7 Å². The third kappa shape index (κ3) is 5.72. The van der Waals surface area contributed by atoms with Gasteiger partial charge in [-0.3, -0.25) is 19.4 Å². The normalized spacial score (nSPS) is 18.2. The number of nitrogens with zero attached hydrogens (tertiary/aromatic N) is 3. The fraction of sp³-hybridized carbons (Fsp3) is 0.462. The van der Waals surface area contributed by atoms with Crippen molar-refractivity contribution in [1.82, 2.24) is 14.7 Å². The molecule has 33 heavy (non-hydrogen) atoms. The predicted octanol–water partition coefficient (Wildman–Crippen LogP) is 2.92. The van der Waals surface area contributed by atoms with Gasteiger partial charge in [0, 0.05) is 39.3 Å². The van der Waals surface area contributed by atoms with Crippen LogP contribution in [-0.2, 0) is 9.59 Å². The molecule has 0 aromatic heterocycles. The van der Waals surface area contributed by atoms with Crippen LogP contribution < -0.4 is 10.1 Å². The van der Waals surface area contributed by atoms with Crippen molar-refractivity contribution >= 4 is 17.5 Å². The Labute approximate surface area is 196 Å². The van der Waals surface area contributed by atoms with Crippen molar-refractivity contribution < 1.29 is 14.3 Å². The van der Waals surface area contributed by atoms with Gasteiger partial charge < -0.3 is 15.0 Å². The Morgan fingerprint density at radius 1 is 0.970 bits per heavy atom. The number of rotatable bonds is 7. The van der Waals surface area contributed by atoms with E-state index >= 15 is 0 Å². The summed E-state index contributed by atoms with van der Waals surface area (Å²) in [6.45, 7) is 7.22. The molecule has 2 heterocycles. The third-order valence-electron chi connectivity index (χ3n) is 6.57. The first-order valence-corrected chi connectivity index (χ1v) is 11.8. The molecule has 0 spiro atoms. The average molecular weight is 451 g/mol. The molecule has 2 aromatic carbocycles. The summed E-state index contributed by atoms with van der Waals surface area (Å²) in [5.41, 5.74) is 2.69. The smallest absolute Gasteiger partial charge is 0.246 e. The highest BCUT2D eigenvalue weighted by atomic mass is 16.5.